The SMILES string of the molecule is c1ccc2c3c([nH]c2c1)C(NCCn1cccn1)CCC3. The molecule has 108 valence electrons. The molecule has 0 saturated carbocycles. The first-order valence-electron chi connectivity index (χ1n) is 7.72. The zero-order valence-electron chi connectivity index (χ0n) is 12.0. The number of fused-ring (bicyclic) bond motifs is 3. The second-order valence-corrected chi connectivity index (χ2v) is 5.73. The molecule has 4 nitrogen and oxygen atoms in total. The quantitative estimate of drug-likeness (QED) is 0.771. The number of para-hydroxylation sites is 1. The average Bonchev–Trinajstić information content (AvgIpc) is 3.15. The number of H-pyrrole nitrogens is 1. The van der Waals surface area contributed by atoms with E-state index in [4.69, 9.17) is 0 Å². The van der Waals surface area contributed by atoms with Gasteiger partial charge in [0.15, 0.2) is 0 Å². The molecule has 1 aliphatic rings. The minimum Gasteiger partial charge on any atom is -0.357 e. The Kier molecular flexibility index (Phi) is 3.24. The van der Waals surface area contributed by atoms with Crippen LogP contribution in [0.5, 0.6) is 0 Å². The minimum atomic E-state index is 0.441. The number of aromatic nitrogens is 3. The molecule has 0 spiro atoms. The Morgan fingerprint density at radius 2 is 2.24 bits per heavy atom. The molecule has 21 heavy (non-hydrogen) atoms. The van der Waals surface area contributed by atoms with E-state index in [-0.39, 0.29) is 0 Å². The second-order valence-electron chi connectivity index (χ2n) is 5.73. The first kappa shape index (κ1) is 12.7. The number of aromatic amines is 1. The summed E-state index contributed by atoms with van der Waals surface area (Å²) in [6, 6.07) is 11.0. The van der Waals surface area contributed by atoms with Crippen LogP contribution in [0.1, 0.15) is 30.1 Å². The van der Waals surface area contributed by atoms with Crippen LogP contribution in [0.2, 0.25) is 0 Å². The molecule has 2 heterocycles. The summed E-state index contributed by atoms with van der Waals surface area (Å²) in [6.45, 7) is 1.86. The van der Waals surface area contributed by atoms with Gasteiger partial charge in [0.1, 0.15) is 0 Å². The normalized spacial score (nSPS) is 18.0. The Balaban J connectivity index is 1.53. The van der Waals surface area contributed by atoms with Crippen LogP contribution in [-0.2, 0) is 13.0 Å². The molecule has 0 aliphatic heterocycles. The highest BCUT2D eigenvalue weighted by Crippen LogP contribution is 2.34. The number of benzene rings is 1. The van der Waals surface area contributed by atoms with E-state index in [2.05, 4.69) is 39.7 Å². The van der Waals surface area contributed by atoms with Crippen molar-refractivity contribution in [3.05, 3.63) is 54.0 Å². The molecule has 0 radical (unpaired) electrons. The molecule has 2 N–H and O–H groups in total. The van der Waals surface area contributed by atoms with Gasteiger partial charge in [0, 0.05) is 41.6 Å². The van der Waals surface area contributed by atoms with Gasteiger partial charge in [-0.25, -0.2) is 0 Å². The second kappa shape index (κ2) is 5.37. The molecule has 0 bridgehead atoms. The predicted molar refractivity (Wildman–Crippen MR) is 84.2 cm³/mol. The Morgan fingerprint density at radius 1 is 1.29 bits per heavy atom. The zero-order valence-corrected chi connectivity index (χ0v) is 12.0. The van der Waals surface area contributed by atoms with E-state index in [0.717, 1.165) is 13.1 Å². The first-order chi connectivity index (χ1) is 10.4. The third-order valence-electron chi connectivity index (χ3n) is 4.41. The fraction of sp³-hybridized carbons (Fsp3) is 0.353. The highest BCUT2D eigenvalue weighted by molar-refractivity contribution is 5.85. The number of hydrogen-bond acceptors (Lipinski definition) is 2. The van der Waals surface area contributed by atoms with Crippen LogP contribution >= 0.6 is 0 Å². The lowest BCUT2D eigenvalue weighted by Gasteiger charge is -2.24. The van der Waals surface area contributed by atoms with Crippen LogP contribution < -0.4 is 5.32 Å². The number of hydrogen-bond donors (Lipinski definition) is 2. The molecule has 1 atom stereocenters. The third-order valence-corrected chi connectivity index (χ3v) is 4.41. The van der Waals surface area contributed by atoms with Crippen LogP contribution in [0.4, 0.5) is 0 Å². The van der Waals surface area contributed by atoms with Crippen molar-refractivity contribution < 1.29 is 0 Å². The molecular weight excluding hydrogens is 260 g/mol. The largest absolute Gasteiger partial charge is 0.357 e. The van der Waals surface area contributed by atoms with Crippen LogP contribution in [0.3, 0.4) is 0 Å². The maximum atomic E-state index is 4.25. The molecule has 4 rings (SSSR count). The van der Waals surface area contributed by atoms with Crippen molar-refractivity contribution in [1.82, 2.24) is 20.1 Å². The van der Waals surface area contributed by atoms with Crippen molar-refractivity contribution in [3.8, 4) is 0 Å². The molecule has 0 saturated heterocycles. The summed E-state index contributed by atoms with van der Waals surface area (Å²) in [7, 11) is 0. The maximum absolute atomic E-state index is 4.25. The lowest BCUT2D eigenvalue weighted by Crippen LogP contribution is -2.28. The van der Waals surface area contributed by atoms with Gasteiger partial charge in [-0.1, -0.05) is 18.2 Å². The van der Waals surface area contributed by atoms with E-state index in [9.17, 15) is 0 Å². The highest BCUT2D eigenvalue weighted by atomic mass is 15.3. The van der Waals surface area contributed by atoms with Gasteiger partial charge in [0.2, 0.25) is 0 Å². The lowest BCUT2D eigenvalue weighted by atomic mass is 9.92. The molecule has 0 fully saturated rings. The van der Waals surface area contributed by atoms with Gasteiger partial charge >= 0.3 is 0 Å². The van der Waals surface area contributed by atoms with Crippen molar-refractivity contribution in [3.63, 3.8) is 0 Å². The van der Waals surface area contributed by atoms with Crippen molar-refractivity contribution in [1.29, 1.82) is 0 Å². The van der Waals surface area contributed by atoms with E-state index in [1.54, 1.807) is 0 Å². The molecule has 2 aromatic heterocycles. The van der Waals surface area contributed by atoms with Gasteiger partial charge in [-0.2, -0.15) is 5.10 Å². The number of nitrogens with zero attached hydrogens (tertiary/aromatic N) is 2. The van der Waals surface area contributed by atoms with Gasteiger partial charge in [-0.05, 0) is 37.0 Å². The van der Waals surface area contributed by atoms with Gasteiger partial charge in [0.05, 0.1) is 6.54 Å². The number of aryl methyl sites for hydroxylation is 1. The molecule has 0 amide bonds. The summed E-state index contributed by atoms with van der Waals surface area (Å²) < 4.78 is 1.97. The van der Waals surface area contributed by atoms with Gasteiger partial charge < -0.3 is 10.3 Å². The number of rotatable bonds is 4. The van der Waals surface area contributed by atoms with E-state index in [1.165, 1.54) is 41.4 Å². The fourth-order valence-electron chi connectivity index (χ4n) is 3.41. The van der Waals surface area contributed by atoms with E-state index < -0.39 is 0 Å². The molecule has 1 unspecified atom stereocenters. The maximum Gasteiger partial charge on any atom is 0.0534 e. The first-order valence-corrected chi connectivity index (χ1v) is 7.72. The summed E-state index contributed by atoms with van der Waals surface area (Å²) in [6.07, 6.45) is 7.50. The van der Waals surface area contributed by atoms with Crippen molar-refractivity contribution in [2.75, 3.05) is 6.54 Å². The Hall–Kier alpha value is -2.07. The summed E-state index contributed by atoms with van der Waals surface area (Å²) in [5.74, 6) is 0. The molecule has 3 aromatic rings. The molecule has 1 aliphatic carbocycles. The Morgan fingerprint density at radius 3 is 3.14 bits per heavy atom. The highest BCUT2D eigenvalue weighted by Gasteiger charge is 2.23. The van der Waals surface area contributed by atoms with E-state index >= 15 is 0 Å². The van der Waals surface area contributed by atoms with Gasteiger partial charge in [-0.15, -0.1) is 0 Å². The predicted octanol–water partition coefficient (Wildman–Crippen LogP) is 3.03. The van der Waals surface area contributed by atoms with E-state index in [1.807, 2.05) is 23.1 Å². The number of nitrogens with one attached hydrogen (secondary N) is 2. The summed E-state index contributed by atoms with van der Waals surface area (Å²) >= 11 is 0. The standard InChI is InChI=1S/C17H20N4/c1-2-7-15-13(5-1)14-6-3-8-16(17(14)20-15)18-10-12-21-11-4-9-19-21/h1-2,4-5,7,9,11,16,18,20H,3,6,8,10,12H2. The monoisotopic (exact) mass is 280 g/mol. The van der Waals surface area contributed by atoms with Crippen molar-refractivity contribution >= 4 is 10.9 Å². The van der Waals surface area contributed by atoms with Gasteiger partial charge in [0.25, 0.3) is 0 Å². The van der Waals surface area contributed by atoms with Crippen LogP contribution in [0, 0.1) is 0 Å². The van der Waals surface area contributed by atoms with Crippen molar-refractivity contribution in [2.24, 2.45) is 0 Å². The Labute approximate surface area is 124 Å². The molecule has 4 heteroatoms. The summed E-state index contributed by atoms with van der Waals surface area (Å²) in [5.41, 5.74) is 4.17. The third kappa shape index (κ3) is 2.36. The van der Waals surface area contributed by atoms with Crippen LogP contribution in [-0.4, -0.2) is 21.3 Å². The zero-order chi connectivity index (χ0) is 14.1. The van der Waals surface area contributed by atoms with Crippen LogP contribution in [0.25, 0.3) is 10.9 Å². The summed E-state index contributed by atoms with van der Waals surface area (Å²) in [4.78, 5) is 3.62. The minimum absolute atomic E-state index is 0.441. The fourth-order valence-corrected chi connectivity index (χ4v) is 3.41. The lowest BCUT2D eigenvalue weighted by molar-refractivity contribution is 0.432. The van der Waals surface area contributed by atoms with Gasteiger partial charge in [-0.3, -0.25) is 4.68 Å². The average molecular weight is 280 g/mol. The topological polar surface area (TPSA) is 45.6 Å². The van der Waals surface area contributed by atoms with E-state index in [0.29, 0.717) is 6.04 Å². The summed E-state index contributed by atoms with van der Waals surface area (Å²) in [5, 5.41) is 9.33. The smallest absolute Gasteiger partial charge is 0.0534 e. The Bertz CT molecular complexity index is 726. The molecular formula is C17H20N4. The van der Waals surface area contributed by atoms with Crippen molar-refractivity contribution in [2.45, 2.75) is 31.8 Å². The molecule has 1 aromatic carbocycles. The van der Waals surface area contributed by atoms with Crippen LogP contribution in [0.15, 0.2) is 42.7 Å².